The van der Waals surface area contributed by atoms with Crippen LogP contribution in [0.5, 0.6) is 0 Å². The van der Waals surface area contributed by atoms with Gasteiger partial charge >= 0.3 is 5.97 Å². The molecule has 0 spiro atoms. The SMILES string of the molecule is O=C1OC[C@H](c2ccccc2)N2COC[C@@H]12. The molecule has 4 heteroatoms. The zero-order valence-corrected chi connectivity index (χ0v) is 8.83. The van der Waals surface area contributed by atoms with Crippen LogP contribution in [-0.4, -0.2) is 36.9 Å². The number of hydrogen-bond donors (Lipinski definition) is 0. The van der Waals surface area contributed by atoms with Gasteiger partial charge in [-0.2, -0.15) is 0 Å². The Morgan fingerprint density at radius 1 is 1.12 bits per heavy atom. The lowest BCUT2D eigenvalue weighted by Crippen LogP contribution is -2.47. The van der Waals surface area contributed by atoms with E-state index in [-0.39, 0.29) is 18.1 Å². The Morgan fingerprint density at radius 3 is 2.75 bits per heavy atom. The quantitative estimate of drug-likeness (QED) is 0.659. The summed E-state index contributed by atoms with van der Waals surface area (Å²) in [5, 5.41) is 0. The first-order valence-corrected chi connectivity index (χ1v) is 5.41. The Morgan fingerprint density at radius 2 is 1.94 bits per heavy atom. The minimum Gasteiger partial charge on any atom is -0.462 e. The molecule has 0 unspecified atom stereocenters. The maximum absolute atomic E-state index is 11.5. The van der Waals surface area contributed by atoms with Gasteiger partial charge in [-0.3, -0.25) is 9.69 Å². The second-order valence-electron chi connectivity index (χ2n) is 4.09. The number of benzene rings is 1. The van der Waals surface area contributed by atoms with Crippen molar-refractivity contribution in [2.75, 3.05) is 19.9 Å². The molecule has 2 fully saturated rings. The number of hydrogen-bond acceptors (Lipinski definition) is 4. The molecule has 0 radical (unpaired) electrons. The summed E-state index contributed by atoms with van der Waals surface area (Å²) < 4.78 is 10.5. The fraction of sp³-hybridized carbons (Fsp3) is 0.417. The molecule has 0 N–H and O–H groups in total. The third-order valence-electron chi connectivity index (χ3n) is 3.16. The van der Waals surface area contributed by atoms with Crippen molar-refractivity contribution in [3.05, 3.63) is 35.9 Å². The second kappa shape index (κ2) is 3.88. The first-order valence-electron chi connectivity index (χ1n) is 5.41. The third kappa shape index (κ3) is 1.50. The highest BCUT2D eigenvalue weighted by molar-refractivity contribution is 5.77. The molecule has 0 aromatic heterocycles. The van der Waals surface area contributed by atoms with Crippen LogP contribution in [0.15, 0.2) is 30.3 Å². The fourth-order valence-electron chi connectivity index (χ4n) is 2.28. The standard InChI is InChI=1S/C12H13NO3/c14-12-11-6-15-8-13(11)10(7-16-12)9-4-2-1-3-5-9/h1-5,10-11H,6-8H2/t10-,11+/m1/s1. The molecule has 2 aliphatic rings. The van der Waals surface area contributed by atoms with E-state index in [9.17, 15) is 4.79 Å². The van der Waals surface area contributed by atoms with Crippen LogP contribution in [0.4, 0.5) is 0 Å². The lowest BCUT2D eigenvalue weighted by molar-refractivity contribution is -0.159. The Balaban J connectivity index is 1.89. The van der Waals surface area contributed by atoms with Gasteiger partial charge in [0.1, 0.15) is 19.4 Å². The molecule has 2 saturated heterocycles. The van der Waals surface area contributed by atoms with Gasteiger partial charge in [0.25, 0.3) is 0 Å². The number of carbonyl (C=O) groups is 1. The molecule has 0 saturated carbocycles. The molecule has 1 aromatic carbocycles. The summed E-state index contributed by atoms with van der Waals surface area (Å²) in [6.45, 7) is 1.38. The zero-order chi connectivity index (χ0) is 11.0. The van der Waals surface area contributed by atoms with E-state index in [2.05, 4.69) is 17.0 Å². The number of esters is 1. The van der Waals surface area contributed by atoms with Gasteiger partial charge in [-0.1, -0.05) is 30.3 Å². The zero-order valence-electron chi connectivity index (χ0n) is 8.83. The average Bonchev–Trinajstić information content (AvgIpc) is 2.81. The first-order chi connectivity index (χ1) is 7.86. The van der Waals surface area contributed by atoms with E-state index >= 15 is 0 Å². The highest BCUT2D eigenvalue weighted by Gasteiger charge is 2.42. The number of fused-ring (bicyclic) bond motifs is 1. The number of carbonyl (C=O) groups excluding carboxylic acids is 1. The van der Waals surface area contributed by atoms with E-state index < -0.39 is 0 Å². The van der Waals surface area contributed by atoms with Crippen LogP contribution in [0, 0.1) is 0 Å². The fourth-order valence-corrected chi connectivity index (χ4v) is 2.28. The number of nitrogens with zero attached hydrogens (tertiary/aromatic N) is 1. The predicted octanol–water partition coefficient (Wildman–Crippen LogP) is 0.943. The van der Waals surface area contributed by atoms with Crippen molar-refractivity contribution in [1.29, 1.82) is 0 Å². The Hall–Kier alpha value is -1.39. The van der Waals surface area contributed by atoms with Crippen LogP contribution in [0.3, 0.4) is 0 Å². The smallest absolute Gasteiger partial charge is 0.325 e. The molecule has 1 aromatic rings. The van der Waals surface area contributed by atoms with Crippen molar-refractivity contribution in [2.24, 2.45) is 0 Å². The van der Waals surface area contributed by atoms with Crippen molar-refractivity contribution in [3.8, 4) is 0 Å². The lowest BCUT2D eigenvalue weighted by atomic mass is 10.0. The normalized spacial score (nSPS) is 29.9. The monoisotopic (exact) mass is 219 g/mol. The van der Waals surface area contributed by atoms with Gasteiger partial charge in [0.05, 0.1) is 12.6 Å². The van der Waals surface area contributed by atoms with E-state index in [0.29, 0.717) is 19.9 Å². The summed E-state index contributed by atoms with van der Waals surface area (Å²) in [4.78, 5) is 13.6. The maximum atomic E-state index is 11.5. The van der Waals surface area contributed by atoms with Crippen LogP contribution in [0.25, 0.3) is 0 Å². The highest BCUT2D eigenvalue weighted by Crippen LogP contribution is 2.30. The Kier molecular flexibility index (Phi) is 2.38. The topological polar surface area (TPSA) is 38.8 Å². The van der Waals surface area contributed by atoms with Gasteiger partial charge in [-0.05, 0) is 5.56 Å². The molecule has 2 aliphatic heterocycles. The summed E-state index contributed by atoms with van der Waals surface area (Å²) in [5.74, 6) is -0.162. The number of ether oxygens (including phenoxy) is 2. The summed E-state index contributed by atoms with van der Waals surface area (Å²) in [7, 11) is 0. The van der Waals surface area contributed by atoms with Crippen molar-refractivity contribution in [2.45, 2.75) is 12.1 Å². The number of cyclic esters (lactones) is 1. The van der Waals surface area contributed by atoms with E-state index in [1.165, 1.54) is 5.56 Å². The van der Waals surface area contributed by atoms with Gasteiger partial charge in [0.15, 0.2) is 0 Å². The molecule has 4 nitrogen and oxygen atoms in total. The van der Waals surface area contributed by atoms with E-state index in [1.54, 1.807) is 0 Å². The van der Waals surface area contributed by atoms with Crippen molar-refractivity contribution < 1.29 is 14.3 Å². The van der Waals surface area contributed by atoms with Gasteiger partial charge in [0, 0.05) is 0 Å². The third-order valence-corrected chi connectivity index (χ3v) is 3.16. The minimum absolute atomic E-state index is 0.131. The number of rotatable bonds is 1. The molecule has 2 atom stereocenters. The van der Waals surface area contributed by atoms with E-state index in [1.807, 2.05) is 18.2 Å². The molecule has 0 amide bonds. The van der Waals surface area contributed by atoms with Gasteiger partial charge < -0.3 is 9.47 Å². The van der Waals surface area contributed by atoms with Crippen LogP contribution >= 0.6 is 0 Å². The maximum Gasteiger partial charge on any atom is 0.325 e. The highest BCUT2D eigenvalue weighted by atomic mass is 16.6. The minimum atomic E-state index is -0.223. The summed E-state index contributed by atoms with van der Waals surface area (Å²) in [6.07, 6.45) is 0. The van der Waals surface area contributed by atoms with Crippen molar-refractivity contribution in [1.82, 2.24) is 4.90 Å². The summed E-state index contributed by atoms with van der Waals surface area (Å²) in [6, 6.07) is 10.00. The van der Waals surface area contributed by atoms with Crippen LogP contribution in [0.1, 0.15) is 11.6 Å². The molecule has 0 bridgehead atoms. The largest absolute Gasteiger partial charge is 0.462 e. The van der Waals surface area contributed by atoms with Crippen LogP contribution in [0.2, 0.25) is 0 Å². The van der Waals surface area contributed by atoms with Crippen LogP contribution in [-0.2, 0) is 14.3 Å². The van der Waals surface area contributed by atoms with E-state index in [0.717, 1.165) is 0 Å². The van der Waals surface area contributed by atoms with Gasteiger partial charge in [-0.25, -0.2) is 0 Å². The molecular weight excluding hydrogens is 206 g/mol. The molecule has 84 valence electrons. The molecule has 0 aliphatic carbocycles. The first kappa shape index (κ1) is 9.81. The second-order valence-corrected chi connectivity index (χ2v) is 4.09. The number of morpholine rings is 1. The molecular formula is C12H13NO3. The Bertz CT molecular complexity index is 393. The Labute approximate surface area is 93.8 Å². The summed E-state index contributed by atoms with van der Waals surface area (Å²) >= 11 is 0. The summed E-state index contributed by atoms with van der Waals surface area (Å²) in [5.41, 5.74) is 1.17. The van der Waals surface area contributed by atoms with Crippen molar-refractivity contribution >= 4 is 5.97 Å². The van der Waals surface area contributed by atoms with Crippen molar-refractivity contribution in [3.63, 3.8) is 0 Å². The van der Waals surface area contributed by atoms with Crippen LogP contribution < -0.4 is 0 Å². The van der Waals surface area contributed by atoms with Gasteiger partial charge in [0.2, 0.25) is 0 Å². The van der Waals surface area contributed by atoms with E-state index in [4.69, 9.17) is 9.47 Å². The lowest BCUT2D eigenvalue weighted by Gasteiger charge is -2.34. The predicted molar refractivity (Wildman–Crippen MR) is 56.6 cm³/mol. The molecule has 2 heterocycles. The molecule has 3 rings (SSSR count). The molecule has 16 heavy (non-hydrogen) atoms. The average molecular weight is 219 g/mol. The van der Waals surface area contributed by atoms with Gasteiger partial charge in [-0.15, -0.1) is 0 Å².